The minimum atomic E-state index is -3.92. The molecule has 0 bridgehead atoms. The van der Waals surface area contributed by atoms with E-state index in [1.54, 1.807) is 6.07 Å². The van der Waals surface area contributed by atoms with E-state index in [0.29, 0.717) is 6.92 Å². The first-order valence-electron chi connectivity index (χ1n) is 3.95. The first-order chi connectivity index (χ1) is 6.46. The summed E-state index contributed by atoms with van der Waals surface area (Å²) in [5, 5.41) is 0. The van der Waals surface area contributed by atoms with Crippen molar-refractivity contribution < 1.29 is 18.4 Å². The van der Waals surface area contributed by atoms with Crippen molar-refractivity contribution in [2.45, 2.75) is 12.8 Å². The normalized spacial score (nSPS) is 11.1. The molecule has 74 valence electrons. The van der Waals surface area contributed by atoms with Crippen molar-refractivity contribution in [2.24, 2.45) is 0 Å². The van der Waals surface area contributed by atoms with Crippen molar-refractivity contribution in [3.8, 4) is 0 Å². The minimum Gasteiger partial charge on any atom is -0.293 e. The standard InChI is InChI=1S/C10H8F2O2/c1-7(13)10(11,12)9(14)8-5-3-2-4-6-8/h2-6H,1H3. The number of rotatable bonds is 3. The second kappa shape index (κ2) is 3.65. The van der Waals surface area contributed by atoms with Crippen LogP contribution in [0.25, 0.3) is 0 Å². The molecule has 0 saturated carbocycles. The topological polar surface area (TPSA) is 34.1 Å². The highest BCUT2D eigenvalue weighted by Crippen LogP contribution is 2.20. The molecule has 0 N–H and O–H groups in total. The maximum absolute atomic E-state index is 12.9. The molecule has 0 heterocycles. The lowest BCUT2D eigenvalue weighted by Gasteiger charge is -2.10. The largest absolute Gasteiger partial charge is 0.366 e. The Morgan fingerprint density at radius 1 is 1.14 bits per heavy atom. The van der Waals surface area contributed by atoms with Gasteiger partial charge in [-0.25, -0.2) is 0 Å². The van der Waals surface area contributed by atoms with E-state index < -0.39 is 17.5 Å². The summed E-state index contributed by atoms with van der Waals surface area (Å²) in [5.41, 5.74) is -0.160. The highest BCUT2D eigenvalue weighted by atomic mass is 19.3. The third-order valence-electron chi connectivity index (χ3n) is 1.76. The zero-order valence-electron chi connectivity index (χ0n) is 7.46. The van der Waals surface area contributed by atoms with Gasteiger partial charge in [-0.05, 0) is 0 Å². The lowest BCUT2D eigenvalue weighted by Crippen LogP contribution is -2.36. The number of Topliss-reactive ketones (excluding diaryl/α,β-unsaturated/α-hetero) is 2. The van der Waals surface area contributed by atoms with E-state index in [1.165, 1.54) is 24.3 Å². The van der Waals surface area contributed by atoms with Crippen LogP contribution in [-0.2, 0) is 4.79 Å². The number of alkyl halides is 2. The molecule has 0 aromatic heterocycles. The quantitative estimate of drug-likeness (QED) is 0.550. The molecule has 0 atom stereocenters. The number of carbonyl (C=O) groups excluding carboxylic acids is 2. The van der Waals surface area contributed by atoms with Gasteiger partial charge in [0.25, 0.3) is 0 Å². The number of carbonyl (C=O) groups is 2. The molecule has 1 rings (SSSR count). The third kappa shape index (κ3) is 1.84. The monoisotopic (exact) mass is 198 g/mol. The summed E-state index contributed by atoms with van der Waals surface area (Å²) in [4.78, 5) is 21.6. The van der Waals surface area contributed by atoms with Crippen molar-refractivity contribution in [1.29, 1.82) is 0 Å². The Morgan fingerprint density at radius 2 is 1.64 bits per heavy atom. The van der Waals surface area contributed by atoms with Crippen LogP contribution in [0, 0.1) is 0 Å². The summed E-state index contributed by atoms with van der Waals surface area (Å²) in [6.45, 7) is 0.695. The van der Waals surface area contributed by atoms with Gasteiger partial charge in [0.15, 0.2) is 0 Å². The predicted octanol–water partition coefficient (Wildman–Crippen LogP) is 2.09. The van der Waals surface area contributed by atoms with Gasteiger partial charge in [0, 0.05) is 12.5 Å². The van der Waals surface area contributed by atoms with Crippen LogP contribution >= 0.6 is 0 Å². The molecule has 0 fully saturated rings. The van der Waals surface area contributed by atoms with E-state index >= 15 is 0 Å². The number of hydrogen-bond donors (Lipinski definition) is 0. The summed E-state index contributed by atoms with van der Waals surface area (Å²) in [5.74, 6) is -6.81. The number of benzene rings is 1. The molecule has 0 spiro atoms. The highest BCUT2D eigenvalue weighted by molar-refractivity contribution is 6.15. The van der Waals surface area contributed by atoms with Crippen LogP contribution in [0.1, 0.15) is 17.3 Å². The van der Waals surface area contributed by atoms with Crippen LogP contribution < -0.4 is 0 Å². The van der Waals surface area contributed by atoms with E-state index in [2.05, 4.69) is 0 Å². The van der Waals surface area contributed by atoms with Crippen LogP contribution in [0.5, 0.6) is 0 Å². The van der Waals surface area contributed by atoms with Crippen molar-refractivity contribution in [3.63, 3.8) is 0 Å². The van der Waals surface area contributed by atoms with Gasteiger partial charge in [-0.15, -0.1) is 0 Å². The van der Waals surface area contributed by atoms with Crippen LogP contribution in [-0.4, -0.2) is 17.5 Å². The van der Waals surface area contributed by atoms with Gasteiger partial charge in [0.1, 0.15) is 0 Å². The second-order valence-corrected chi connectivity index (χ2v) is 2.83. The van der Waals surface area contributed by atoms with Crippen molar-refractivity contribution in [2.75, 3.05) is 0 Å². The number of hydrogen-bond acceptors (Lipinski definition) is 2. The molecule has 0 aliphatic heterocycles. The van der Waals surface area contributed by atoms with Gasteiger partial charge in [-0.2, -0.15) is 8.78 Å². The van der Waals surface area contributed by atoms with E-state index in [0.717, 1.165) is 0 Å². The Bertz CT molecular complexity index is 358. The molecule has 1 aromatic carbocycles. The molecule has 0 radical (unpaired) electrons. The lowest BCUT2D eigenvalue weighted by atomic mass is 10.0. The fourth-order valence-electron chi connectivity index (χ4n) is 0.931. The molecular weight excluding hydrogens is 190 g/mol. The predicted molar refractivity (Wildman–Crippen MR) is 46.4 cm³/mol. The molecule has 14 heavy (non-hydrogen) atoms. The average Bonchev–Trinajstić information content (AvgIpc) is 2.17. The highest BCUT2D eigenvalue weighted by Gasteiger charge is 2.44. The third-order valence-corrected chi connectivity index (χ3v) is 1.76. The minimum absolute atomic E-state index is 0.160. The van der Waals surface area contributed by atoms with Crippen LogP contribution in [0.3, 0.4) is 0 Å². The van der Waals surface area contributed by atoms with Crippen molar-refractivity contribution in [3.05, 3.63) is 35.9 Å². The van der Waals surface area contributed by atoms with Crippen LogP contribution in [0.4, 0.5) is 8.78 Å². The summed E-state index contributed by atoms with van der Waals surface area (Å²) >= 11 is 0. The molecule has 2 nitrogen and oxygen atoms in total. The van der Waals surface area contributed by atoms with E-state index in [-0.39, 0.29) is 5.56 Å². The first-order valence-corrected chi connectivity index (χ1v) is 3.95. The molecule has 0 unspecified atom stereocenters. The average molecular weight is 198 g/mol. The Kier molecular flexibility index (Phi) is 2.74. The van der Waals surface area contributed by atoms with Gasteiger partial charge in [0.05, 0.1) is 0 Å². The molecular formula is C10H8F2O2. The van der Waals surface area contributed by atoms with Crippen LogP contribution in [0.15, 0.2) is 30.3 Å². The van der Waals surface area contributed by atoms with E-state index in [9.17, 15) is 18.4 Å². The van der Waals surface area contributed by atoms with E-state index in [1.807, 2.05) is 0 Å². The van der Waals surface area contributed by atoms with Gasteiger partial charge in [0.2, 0.25) is 11.6 Å². The Balaban J connectivity index is 3.03. The van der Waals surface area contributed by atoms with Gasteiger partial charge in [-0.3, -0.25) is 9.59 Å². The lowest BCUT2D eigenvalue weighted by molar-refractivity contribution is -0.134. The Morgan fingerprint density at radius 3 is 2.07 bits per heavy atom. The maximum Gasteiger partial charge on any atom is 0.366 e. The zero-order valence-corrected chi connectivity index (χ0v) is 7.46. The smallest absolute Gasteiger partial charge is 0.293 e. The first kappa shape index (κ1) is 10.5. The summed E-state index contributed by atoms with van der Waals surface area (Å²) in [6, 6.07) is 7.02. The van der Waals surface area contributed by atoms with Crippen LogP contribution in [0.2, 0.25) is 0 Å². The number of halogens is 2. The van der Waals surface area contributed by atoms with Crippen molar-refractivity contribution >= 4 is 11.6 Å². The summed E-state index contributed by atoms with van der Waals surface area (Å²) in [6.07, 6.45) is 0. The van der Waals surface area contributed by atoms with Gasteiger partial charge in [-0.1, -0.05) is 30.3 Å². The fraction of sp³-hybridized carbons (Fsp3) is 0.200. The van der Waals surface area contributed by atoms with Gasteiger partial charge >= 0.3 is 5.92 Å². The summed E-state index contributed by atoms with van der Waals surface area (Å²) < 4.78 is 25.9. The molecule has 0 aliphatic carbocycles. The second-order valence-electron chi connectivity index (χ2n) is 2.83. The summed E-state index contributed by atoms with van der Waals surface area (Å²) in [7, 11) is 0. The SMILES string of the molecule is CC(=O)C(F)(F)C(=O)c1ccccc1. The van der Waals surface area contributed by atoms with Gasteiger partial charge < -0.3 is 0 Å². The molecule has 0 saturated heterocycles. The maximum atomic E-state index is 12.9. The van der Waals surface area contributed by atoms with Crippen molar-refractivity contribution in [1.82, 2.24) is 0 Å². The van der Waals surface area contributed by atoms with E-state index in [4.69, 9.17) is 0 Å². The Hall–Kier alpha value is -1.58. The molecule has 1 aromatic rings. The molecule has 0 aliphatic rings. The Labute approximate surface area is 79.5 Å². The molecule has 4 heteroatoms. The molecule has 0 amide bonds. The zero-order chi connectivity index (χ0) is 10.8. The fourth-order valence-corrected chi connectivity index (χ4v) is 0.931. The number of ketones is 2.